The van der Waals surface area contributed by atoms with E-state index in [-0.39, 0.29) is 41.8 Å². The van der Waals surface area contributed by atoms with E-state index in [2.05, 4.69) is 116 Å². The molecule has 38 heavy (non-hydrogen) atoms. The molecule has 0 radical (unpaired) electrons. The van der Waals surface area contributed by atoms with Crippen molar-refractivity contribution in [2.75, 3.05) is 0 Å². The fourth-order valence-electron chi connectivity index (χ4n) is 4.13. The summed E-state index contributed by atoms with van der Waals surface area (Å²) in [6.07, 6.45) is 0.120. The summed E-state index contributed by atoms with van der Waals surface area (Å²) in [4.78, 5) is 0. The van der Waals surface area contributed by atoms with Gasteiger partial charge in [-0.3, -0.25) is 0 Å². The van der Waals surface area contributed by atoms with Crippen LogP contribution in [-0.2, 0) is 30.0 Å². The summed E-state index contributed by atoms with van der Waals surface area (Å²) in [6.45, 7) is 18.2. The fraction of sp³-hybridized carbons (Fsp3) is 0.303. The van der Waals surface area contributed by atoms with Crippen molar-refractivity contribution in [1.29, 1.82) is 0 Å². The first-order valence-electron chi connectivity index (χ1n) is 12.6. The minimum atomic E-state index is 0. The third-order valence-corrected chi connectivity index (χ3v) is 6.17. The number of hydrogen-bond acceptors (Lipinski definition) is 1. The van der Waals surface area contributed by atoms with Gasteiger partial charge < -0.3 is 29.9 Å². The Morgan fingerprint density at radius 3 is 1.47 bits per heavy atom. The van der Waals surface area contributed by atoms with Crippen LogP contribution in [0, 0.1) is 0 Å². The summed E-state index contributed by atoms with van der Waals surface area (Å²) in [5.41, 5.74) is 3.21. The molecule has 0 fully saturated rings. The molecule has 0 bridgehead atoms. The Balaban J connectivity index is 0.000000358. The number of aromatic hydroxyl groups is 1. The second kappa shape index (κ2) is 14.1. The van der Waals surface area contributed by atoms with Gasteiger partial charge in [0.25, 0.3) is 0 Å². The van der Waals surface area contributed by atoms with Crippen LogP contribution in [0.2, 0.25) is 13.1 Å². The van der Waals surface area contributed by atoms with Crippen LogP contribution in [0.5, 0.6) is 5.75 Å². The zero-order valence-corrected chi connectivity index (χ0v) is 27.9. The smallest absolute Gasteiger partial charge is 0.116 e. The number of benzene rings is 4. The Hall–Kier alpha value is -1.68. The molecule has 1 N–H and O–H groups in total. The maximum absolute atomic E-state index is 9.13. The molecule has 200 valence electrons. The Morgan fingerprint density at radius 1 is 0.632 bits per heavy atom. The third kappa shape index (κ3) is 9.21. The topological polar surface area (TPSA) is 20.2 Å². The molecule has 1 nitrogen and oxygen atoms in total. The van der Waals surface area contributed by atoms with Gasteiger partial charge in [0, 0.05) is 0 Å². The van der Waals surface area contributed by atoms with Gasteiger partial charge in [-0.2, -0.15) is 0 Å². The standard InChI is InChI=1S/C21H25.C10H8O.C2H6Si.2ClH.Ti/c1-20(2,3)16-7-9-18-14(12-16)11-15-13-17(21(4,5)6)8-10-19(15)18;11-10-6-5-8-3-1-2-4-9(8)7-10;1-3-2;;;/h7-13H,1-6H3;1-7,11H;1-2H3;2*1H;/q-1;;;;;+2/p-2. The molecule has 0 atom stereocenters. The number of fused-ring (bicyclic) bond motifs is 4. The van der Waals surface area contributed by atoms with E-state index in [1.165, 1.54) is 32.7 Å². The van der Waals surface area contributed by atoms with E-state index in [0.29, 0.717) is 5.75 Å². The van der Waals surface area contributed by atoms with Gasteiger partial charge in [-0.25, -0.2) is 0 Å². The summed E-state index contributed by atoms with van der Waals surface area (Å²) >= 11 is 2.27. The Bertz CT molecular complexity index is 1430. The van der Waals surface area contributed by atoms with Gasteiger partial charge in [-0.05, 0) is 33.7 Å². The zero-order chi connectivity index (χ0) is 26.7. The summed E-state index contributed by atoms with van der Waals surface area (Å²) < 4.78 is 0. The molecular weight excluding hydrogens is 559 g/mol. The molecular formula is C33H39Cl2OSiTi-. The number of rotatable bonds is 0. The maximum Gasteiger partial charge on any atom is 0.116 e. The normalized spacial score (nSPS) is 11.0. The summed E-state index contributed by atoms with van der Waals surface area (Å²) in [7, 11) is 0. The van der Waals surface area contributed by atoms with E-state index >= 15 is 0 Å². The molecule has 0 saturated carbocycles. The van der Waals surface area contributed by atoms with Crippen molar-refractivity contribution >= 4 is 38.5 Å². The second-order valence-electron chi connectivity index (χ2n) is 11.8. The van der Waals surface area contributed by atoms with Crippen molar-refractivity contribution in [2.24, 2.45) is 0 Å². The average Bonchev–Trinajstić information content (AvgIpc) is 3.15. The van der Waals surface area contributed by atoms with E-state index < -0.39 is 0 Å². The molecule has 0 unspecified atom stereocenters. The van der Waals surface area contributed by atoms with Gasteiger partial charge in [-0.15, -0.1) is 39.7 Å². The second-order valence-corrected chi connectivity index (χ2v) is 18.5. The quantitative estimate of drug-likeness (QED) is 0.213. The van der Waals surface area contributed by atoms with E-state index in [4.69, 9.17) is 5.11 Å². The molecule has 0 aliphatic carbocycles. The van der Waals surface area contributed by atoms with E-state index in [1.54, 1.807) is 12.1 Å². The molecule has 0 spiro atoms. The minimum absolute atomic E-state index is 0. The van der Waals surface area contributed by atoms with Crippen LogP contribution in [0.15, 0.2) is 84.9 Å². The van der Waals surface area contributed by atoms with Crippen LogP contribution >= 0.6 is 0 Å². The number of halogens is 2. The molecule has 0 aliphatic rings. The van der Waals surface area contributed by atoms with Crippen LogP contribution in [0.4, 0.5) is 0 Å². The van der Waals surface area contributed by atoms with Gasteiger partial charge in [0.2, 0.25) is 0 Å². The molecule has 0 amide bonds. The van der Waals surface area contributed by atoms with Gasteiger partial charge in [-0.1, -0.05) is 107 Å². The Kier molecular flexibility index (Phi) is 12.7. The van der Waals surface area contributed by atoms with E-state index in [9.17, 15) is 0 Å². The summed E-state index contributed by atoms with van der Waals surface area (Å²) in [6, 6.07) is 29.5. The average molecular weight is 599 g/mol. The predicted octanol–water partition coefficient (Wildman–Crippen LogP) is 3.64. The third-order valence-electron chi connectivity index (χ3n) is 6.17. The predicted molar refractivity (Wildman–Crippen MR) is 158 cm³/mol. The molecule has 0 heterocycles. The fourth-order valence-corrected chi connectivity index (χ4v) is 4.13. The van der Waals surface area contributed by atoms with Gasteiger partial charge >= 0.3 is 38.5 Å². The van der Waals surface area contributed by atoms with Gasteiger partial charge in [0.05, 0.1) is 0 Å². The van der Waals surface area contributed by atoms with Crippen molar-refractivity contribution in [3.05, 3.63) is 96.1 Å². The number of phenols is 1. The summed E-state index contributed by atoms with van der Waals surface area (Å²) in [5, 5.41) is 16.8. The molecule has 5 aromatic rings. The molecule has 5 heteroatoms. The van der Waals surface area contributed by atoms with Crippen molar-refractivity contribution in [1.82, 2.24) is 0 Å². The van der Waals surface area contributed by atoms with Crippen molar-refractivity contribution in [2.45, 2.75) is 65.5 Å². The first-order valence-corrected chi connectivity index (χ1v) is 17.4. The Labute approximate surface area is 253 Å². The number of phenolic OH excluding ortho intramolecular Hbond substituents is 1. The minimum Gasteiger partial charge on any atom is -1.00 e. The monoisotopic (exact) mass is 597 g/mol. The van der Waals surface area contributed by atoms with Crippen LogP contribution in [0.3, 0.4) is 0 Å². The summed E-state index contributed by atoms with van der Waals surface area (Å²) in [5.74, 6) is 0.323. The largest absolute Gasteiger partial charge is 1.00 e. The Morgan fingerprint density at radius 2 is 1.05 bits per heavy atom. The van der Waals surface area contributed by atoms with Gasteiger partial charge in [0.1, 0.15) is 5.75 Å². The zero-order valence-electron chi connectivity index (χ0n) is 23.8. The van der Waals surface area contributed by atoms with E-state index in [1.807, 2.05) is 30.3 Å². The first-order chi connectivity index (χ1) is 16.8. The van der Waals surface area contributed by atoms with Crippen LogP contribution in [0.1, 0.15) is 52.7 Å². The van der Waals surface area contributed by atoms with Gasteiger partial charge in [0.15, 0.2) is 0 Å². The molecule has 5 aromatic carbocycles. The first kappa shape index (κ1) is 34.3. The van der Waals surface area contributed by atoms with Crippen molar-refractivity contribution in [3.8, 4) is 5.75 Å². The maximum atomic E-state index is 9.13. The van der Waals surface area contributed by atoms with Crippen LogP contribution in [-0.4, -0.2) is 11.3 Å². The molecule has 0 aliphatic heterocycles. The van der Waals surface area contributed by atoms with Crippen molar-refractivity contribution in [3.63, 3.8) is 0 Å². The molecule has 0 saturated heterocycles. The SMILES string of the molecule is CC(C)(C)c1ccc2c(c1)[cH-]c1cc(C(C)(C)C)ccc12.C[Si](C)=[Ti+2].Oc1ccc2ccccc2c1.[Cl-].[Cl-]. The van der Waals surface area contributed by atoms with Crippen LogP contribution < -0.4 is 24.8 Å². The molecule has 0 aromatic heterocycles. The number of hydrogen-bond donors (Lipinski definition) is 1. The van der Waals surface area contributed by atoms with Crippen molar-refractivity contribution < 1.29 is 49.1 Å². The van der Waals surface area contributed by atoms with E-state index in [0.717, 1.165) is 10.8 Å². The molecule has 5 rings (SSSR count). The van der Waals surface area contributed by atoms with Crippen LogP contribution in [0.25, 0.3) is 32.3 Å².